The summed E-state index contributed by atoms with van der Waals surface area (Å²) in [4.78, 5) is 0. The van der Waals surface area contributed by atoms with Crippen LogP contribution < -0.4 is 10.6 Å². The molecule has 0 spiro atoms. The lowest BCUT2D eigenvalue weighted by atomic mass is 9.64. The number of nitrogens with one attached hydrogen (secondary N) is 2. The van der Waals surface area contributed by atoms with E-state index in [0.717, 1.165) is 37.4 Å². The van der Waals surface area contributed by atoms with E-state index in [1.54, 1.807) is 0 Å². The highest BCUT2D eigenvalue weighted by Crippen LogP contribution is 2.43. The summed E-state index contributed by atoms with van der Waals surface area (Å²) in [6.45, 7) is 4.61. The summed E-state index contributed by atoms with van der Waals surface area (Å²) in [5.41, 5.74) is 0. The number of rotatable bonds is 0. The number of allylic oxidation sites excluding steroid dienone is 5. The minimum atomic E-state index is 0.653. The molecular weight excluding hydrogens is 328 g/mol. The molecule has 2 nitrogen and oxygen atoms in total. The topological polar surface area (TPSA) is 24.1 Å². The molecule has 3 rings (SSSR count). The monoisotopic (exact) mass is 370 g/mol. The van der Waals surface area contributed by atoms with Crippen molar-refractivity contribution in [2.75, 3.05) is 26.2 Å². The summed E-state index contributed by atoms with van der Waals surface area (Å²) in [5, 5.41) is 7.40. The summed E-state index contributed by atoms with van der Waals surface area (Å²) in [7, 11) is 0. The second kappa shape index (κ2) is 12.6. The summed E-state index contributed by atoms with van der Waals surface area (Å²) in [6, 6.07) is 0. The fraction of sp³-hybridized carbons (Fsp3) is 0.760. The first kappa shape index (κ1) is 20.9. The molecule has 1 heterocycles. The molecule has 27 heavy (non-hydrogen) atoms. The lowest BCUT2D eigenvalue weighted by molar-refractivity contribution is 0.156. The molecule has 4 unspecified atom stereocenters. The SMILES string of the molecule is C1=CCCNCCCNCC2C(C=CCCCCC1)C=CC1CCCCC12. The molecule has 2 N–H and O–H groups in total. The number of hydrogen-bond acceptors (Lipinski definition) is 2. The Morgan fingerprint density at radius 2 is 1.37 bits per heavy atom. The molecule has 1 fully saturated rings. The molecule has 0 aromatic rings. The van der Waals surface area contributed by atoms with Gasteiger partial charge in [0.05, 0.1) is 0 Å². The van der Waals surface area contributed by atoms with Crippen molar-refractivity contribution in [3.8, 4) is 0 Å². The average Bonchev–Trinajstić information content (AvgIpc) is 2.70. The van der Waals surface area contributed by atoms with Crippen molar-refractivity contribution in [3.63, 3.8) is 0 Å². The van der Waals surface area contributed by atoms with Crippen molar-refractivity contribution in [3.05, 3.63) is 36.5 Å². The molecule has 4 atom stereocenters. The zero-order valence-electron chi connectivity index (χ0n) is 17.4. The van der Waals surface area contributed by atoms with Crippen LogP contribution in [0, 0.1) is 23.7 Å². The first-order valence-corrected chi connectivity index (χ1v) is 11.9. The minimum Gasteiger partial charge on any atom is -0.316 e. The number of fused-ring (bicyclic) bond motifs is 3. The molecule has 0 aromatic carbocycles. The van der Waals surface area contributed by atoms with Gasteiger partial charge in [-0.3, -0.25) is 0 Å². The van der Waals surface area contributed by atoms with Gasteiger partial charge in [-0.2, -0.15) is 0 Å². The molecule has 1 saturated carbocycles. The van der Waals surface area contributed by atoms with Crippen molar-refractivity contribution >= 4 is 0 Å². The van der Waals surface area contributed by atoms with Gasteiger partial charge >= 0.3 is 0 Å². The Morgan fingerprint density at radius 3 is 2.33 bits per heavy atom. The van der Waals surface area contributed by atoms with E-state index >= 15 is 0 Å². The van der Waals surface area contributed by atoms with E-state index in [1.165, 1.54) is 77.2 Å². The van der Waals surface area contributed by atoms with Gasteiger partial charge in [0, 0.05) is 0 Å². The summed E-state index contributed by atoms with van der Waals surface area (Å²) >= 11 is 0. The second-order valence-electron chi connectivity index (χ2n) is 8.87. The first-order valence-electron chi connectivity index (χ1n) is 11.9. The van der Waals surface area contributed by atoms with Gasteiger partial charge in [0.25, 0.3) is 0 Å². The fourth-order valence-electron chi connectivity index (χ4n) is 5.26. The summed E-state index contributed by atoms with van der Waals surface area (Å²) < 4.78 is 0. The van der Waals surface area contributed by atoms with E-state index in [9.17, 15) is 0 Å². The Morgan fingerprint density at radius 1 is 0.556 bits per heavy atom. The van der Waals surface area contributed by atoms with Crippen LogP contribution in [0.15, 0.2) is 36.5 Å². The third-order valence-electron chi connectivity index (χ3n) is 6.84. The van der Waals surface area contributed by atoms with Gasteiger partial charge in [0.2, 0.25) is 0 Å². The van der Waals surface area contributed by atoms with Crippen molar-refractivity contribution in [2.45, 2.75) is 70.6 Å². The smallest absolute Gasteiger partial charge is 0.000900 e. The molecule has 2 heteroatoms. The van der Waals surface area contributed by atoms with E-state index in [0.29, 0.717) is 5.92 Å². The predicted octanol–water partition coefficient (Wildman–Crippen LogP) is 5.63. The summed E-state index contributed by atoms with van der Waals surface area (Å²) in [6.07, 6.45) is 29.6. The van der Waals surface area contributed by atoms with Gasteiger partial charge in [-0.15, -0.1) is 0 Å². The largest absolute Gasteiger partial charge is 0.316 e. The van der Waals surface area contributed by atoms with Gasteiger partial charge in [-0.05, 0) is 101 Å². The van der Waals surface area contributed by atoms with Crippen molar-refractivity contribution in [1.29, 1.82) is 0 Å². The maximum atomic E-state index is 3.81. The van der Waals surface area contributed by atoms with E-state index in [-0.39, 0.29) is 0 Å². The molecule has 152 valence electrons. The van der Waals surface area contributed by atoms with Crippen LogP contribution >= 0.6 is 0 Å². The molecule has 0 aromatic heterocycles. The Hall–Kier alpha value is -0.860. The third-order valence-corrected chi connectivity index (χ3v) is 6.84. The van der Waals surface area contributed by atoms with Gasteiger partial charge in [0.15, 0.2) is 0 Å². The van der Waals surface area contributed by atoms with Crippen LogP contribution in [0.1, 0.15) is 70.6 Å². The molecular formula is C25H42N2. The molecule has 0 bridgehead atoms. The van der Waals surface area contributed by atoms with Crippen molar-refractivity contribution in [2.24, 2.45) is 23.7 Å². The second-order valence-corrected chi connectivity index (χ2v) is 8.87. The van der Waals surface area contributed by atoms with Crippen LogP contribution in [0.2, 0.25) is 0 Å². The summed E-state index contributed by atoms with van der Waals surface area (Å²) in [5.74, 6) is 3.21. The average molecular weight is 371 g/mol. The quantitative estimate of drug-likeness (QED) is 0.540. The Labute approximate surface area is 168 Å². The number of hydrogen-bond donors (Lipinski definition) is 2. The van der Waals surface area contributed by atoms with Crippen molar-refractivity contribution in [1.82, 2.24) is 10.6 Å². The van der Waals surface area contributed by atoms with Gasteiger partial charge in [-0.25, -0.2) is 0 Å². The first-order chi connectivity index (χ1) is 13.4. The highest BCUT2D eigenvalue weighted by Gasteiger charge is 2.36. The van der Waals surface area contributed by atoms with Crippen LogP contribution in [0.3, 0.4) is 0 Å². The Kier molecular flexibility index (Phi) is 9.71. The maximum absolute atomic E-state index is 3.81. The van der Waals surface area contributed by atoms with Gasteiger partial charge in [-0.1, -0.05) is 55.7 Å². The minimum absolute atomic E-state index is 0.653. The molecule has 0 radical (unpaired) electrons. The maximum Gasteiger partial charge on any atom is -0.000900 e. The highest BCUT2D eigenvalue weighted by molar-refractivity contribution is 5.12. The van der Waals surface area contributed by atoms with Gasteiger partial charge < -0.3 is 10.6 Å². The van der Waals surface area contributed by atoms with E-state index in [2.05, 4.69) is 47.1 Å². The molecule has 1 aliphatic heterocycles. The highest BCUT2D eigenvalue weighted by atomic mass is 14.9. The molecule has 0 saturated heterocycles. The third kappa shape index (κ3) is 7.23. The van der Waals surface area contributed by atoms with Crippen LogP contribution in [0.4, 0.5) is 0 Å². The zero-order valence-corrected chi connectivity index (χ0v) is 17.4. The van der Waals surface area contributed by atoms with Gasteiger partial charge in [0.1, 0.15) is 0 Å². The Balaban J connectivity index is 1.56. The standard InChI is InChI=1S/C25H42N2/c1-2-4-6-8-13-23-17-16-22-14-9-10-15-24(22)25(23)21-27-20-12-19-26-18-11-7-5-3-1/h5,7-8,13,16-17,22-27H,1-4,6,9-12,14-15,18-21H2. The molecule has 2 aliphatic carbocycles. The van der Waals surface area contributed by atoms with E-state index in [1.807, 2.05) is 0 Å². The Bertz CT molecular complexity index is 479. The molecule has 0 amide bonds. The van der Waals surface area contributed by atoms with Crippen LogP contribution in [0.5, 0.6) is 0 Å². The molecule has 3 aliphatic rings. The van der Waals surface area contributed by atoms with E-state index < -0.39 is 0 Å². The van der Waals surface area contributed by atoms with E-state index in [4.69, 9.17) is 0 Å². The normalized spacial score (nSPS) is 34.7. The zero-order chi connectivity index (χ0) is 18.6. The predicted molar refractivity (Wildman–Crippen MR) is 118 cm³/mol. The lowest BCUT2D eigenvalue weighted by Gasteiger charge is -2.42. The van der Waals surface area contributed by atoms with Crippen LogP contribution in [-0.4, -0.2) is 26.2 Å². The van der Waals surface area contributed by atoms with Crippen LogP contribution in [0.25, 0.3) is 0 Å². The lowest BCUT2D eigenvalue weighted by Crippen LogP contribution is -2.39. The van der Waals surface area contributed by atoms with Crippen molar-refractivity contribution < 1.29 is 0 Å². The van der Waals surface area contributed by atoms with Crippen LogP contribution in [-0.2, 0) is 0 Å². The fourth-order valence-corrected chi connectivity index (χ4v) is 5.26.